The van der Waals surface area contributed by atoms with Gasteiger partial charge in [-0.25, -0.2) is 8.42 Å². The standard InChI is InChI=1S/C22H25ClF3N3O4S/c1-14-5-7-16(8-6-14)12-28(15(2)21(31)27-3)20(30)13-29(34(4,32)33)19-11-17(22(24,25)26)9-10-18(19)23/h5-11,15H,12-13H2,1-4H3,(H,27,31)/t15-/m0/s1. The van der Waals surface area contributed by atoms with Crippen molar-refractivity contribution in [2.45, 2.75) is 32.6 Å². The van der Waals surface area contributed by atoms with Gasteiger partial charge < -0.3 is 10.2 Å². The number of nitrogens with one attached hydrogen (secondary N) is 1. The maximum atomic E-state index is 13.3. The first-order valence-corrected chi connectivity index (χ1v) is 12.3. The molecule has 1 N–H and O–H groups in total. The van der Waals surface area contributed by atoms with Crippen LogP contribution in [0.4, 0.5) is 18.9 Å². The third kappa shape index (κ3) is 6.86. The number of carbonyl (C=O) groups is 2. The second-order valence-corrected chi connectivity index (χ2v) is 10.0. The molecule has 2 aromatic rings. The van der Waals surface area contributed by atoms with E-state index in [9.17, 15) is 31.2 Å². The summed E-state index contributed by atoms with van der Waals surface area (Å²) in [6, 6.07) is 8.35. The van der Waals surface area contributed by atoms with Gasteiger partial charge in [-0.2, -0.15) is 13.2 Å². The second-order valence-electron chi connectivity index (χ2n) is 7.73. The second kappa shape index (κ2) is 10.6. The molecule has 0 radical (unpaired) electrons. The van der Waals surface area contributed by atoms with Gasteiger partial charge in [0, 0.05) is 13.6 Å². The third-order valence-corrected chi connectivity index (χ3v) is 6.55. The number of benzene rings is 2. The lowest BCUT2D eigenvalue weighted by molar-refractivity contribution is -0.139. The lowest BCUT2D eigenvalue weighted by atomic mass is 10.1. The molecule has 0 bridgehead atoms. The molecule has 7 nitrogen and oxygen atoms in total. The van der Waals surface area contributed by atoms with E-state index in [1.165, 1.54) is 14.0 Å². The molecule has 0 spiro atoms. The summed E-state index contributed by atoms with van der Waals surface area (Å²) in [5.41, 5.74) is 0.0413. The molecule has 2 aromatic carbocycles. The number of rotatable bonds is 8. The van der Waals surface area contributed by atoms with E-state index in [1.54, 1.807) is 12.1 Å². The topological polar surface area (TPSA) is 86.8 Å². The molecule has 186 valence electrons. The summed E-state index contributed by atoms with van der Waals surface area (Å²) in [5.74, 6) is -1.29. The van der Waals surface area contributed by atoms with E-state index in [0.29, 0.717) is 22.0 Å². The van der Waals surface area contributed by atoms with Crippen LogP contribution in [-0.4, -0.2) is 51.0 Å². The van der Waals surface area contributed by atoms with Gasteiger partial charge in [-0.1, -0.05) is 41.4 Å². The van der Waals surface area contributed by atoms with Crippen LogP contribution in [0.15, 0.2) is 42.5 Å². The molecule has 2 rings (SSSR count). The monoisotopic (exact) mass is 519 g/mol. The van der Waals surface area contributed by atoms with E-state index in [-0.39, 0.29) is 11.6 Å². The number of sulfonamides is 1. The minimum absolute atomic E-state index is 0.0262. The van der Waals surface area contributed by atoms with Crippen LogP contribution in [0.2, 0.25) is 5.02 Å². The van der Waals surface area contributed by atoms with Crippen molar-refractivity contribution in [2.24, 2.45) is 0 Å². The molecule has 0 aliphatic carbocycles. The number of aryl methyl sites for hydroxylation is 1. The first-order valence-electron chi connectivity index (χ1n) is 10.1. The minimum atomic E-state index is -4.75. The average molecular weight is 520 g/mol. The Bertz CT molecular complexity index is 1150. The van der Waals surface area contributed by atoms with Crippen LogP contribution in [0.1, 0.15) is 23.6 Å². The van der Waals surface area contributed by atoms with Gasteiger partial charge in [0.1, 0.15) is 12.6 Å². The lowest BCUT2D eigenvalue weighted by Crippen LogP contribution is -2.50. The number of anilines is 1. The molecule has 1 atom stereocenters. The Hall–Kier alpha value is -2.79. The predicted octanol–water partition coefficient (Wildman–Crippen LogP) is 3.60. The van der Waals surface area contributed by atoms with E-state index in [2.05, 4.69) is 5.32 Å². The molecular formula is C22H25ClF3N3O4S. The molecule has 12 heteroatoms. The molecule has 0 fully saturated rings. The Morgan fingerprint density at radius 2 is 1.71 bits per heavy atom. The van der Waals surface area contributed by atoms with E-state index in [4.69, 9.17) is 11.6 Å². The Kier molecular flexibility index (Phi) is 8.59. The number of likely N-dealkylation sites (N-methyl/N-ethyl adjacent to an activating group) is 1. The van der Waals surface area contributed by atoms with Gasteiger partial charge in [0.05, 0.1) is 22.5 Å². The number of carbonyl (C=O) groups excluding carboxylic acids is 2. The zero-order valence-electron chi connectivity index (χ0n) is 19.0. The van der Waals surface area contributed by atoms with Gasteiger partial charge >= 0.3 is 6.18 Å². The molecule has 0 aromatic heterocycles. The summed E-state index contributed by atoms with van der Waals surface area (Å²) in [6.45, 7) is 2.46. The van der Waals surface area contributed by atoms with Crippen LogP contribution in [0.25, 0.3) is 0 Å². The quantitative estimate of drug-likeness (QED) is 0.577. The zero-order chi connectivity index (χ0) is 25.8. The average Bonchev–Trinajstić information content (AvgIpc) is 2.74. The van der Waals surface area contributed by atoms with Crippen molar-refractivity contribution in [2.75, 3.05) is 24.2 Å². The maximum absolute atomic E-state index is 13.3. The number of hydrogen-bond donors (Lipinski definition) is 1. The van der Waals surface area contributed by atoms with Gasteiger partial charge in [0.2, 0.25) is 21.8 Å². The van der Waals surface area contributed by atoms with Gasteiger partial charge in [0.25, 0.3) is 0 Å². The molecule has 0 saturated heterocycles. The van der Waals surface area contributed by atoms with Crippen molar-refractivity contribution in [1.29, 1.82) is 0 Å². The van der Waals surface area contributed by atoms with Crippen LogP contribution in [0.5, 0.6) is 0 Å². The molecule has 0 heterocycles. The summed E-state index contributed by atoms with van der Waals surface area (Å²) >= 11 is 6.03. The zero-order valence-corrected chi connectivity index (χ0v) is 20.6. The molecule has 0 aliphatic rings. The number of nitrogens with zero attached hydrogens (tertiary/aromatic N) is 2. The normalized spacial score (nSPS) is 12.7. The van der Waals surface area contributed by atoms with Crippen LogP contribution < -0.4 is 9.62 Å². The van der Waals surface area contributed by atoms with Gasteiger partial charge in [-0.3, -0.25) is 13.9 Å². The highest BCUT2D eigenvalue weighted by Gasteiger charge is 2.34. The fraction of sp³-hybridized carbons (Fsp3) is 0.364. The molecular weight excluding hydrogens is 495 g/mol. The summed E-state index contributed by atoms with van der Waals surface area (Å²) < 4.78 is 65.2. The minimum Gasteiger partial charge on any atom is -0.357 e. The SMILES string of the molecule is CNC(=O)[C@H](C)N(Cc1ccc(C)cc1)C(=O)CN(c1cc(C(F)(F)F)ccc1Cl)S(C)(=O)=O. The highest BCUT2D eigenvalue weighted by Crippen LogP contribution is 2.36. The lowest BCUT2D eigenvalue weighted by Gasteiger charge is -2.31. The van der Waals surface area contributed by atoms with Gasteiger partial charge in [-0.05, 0) is 37.6 Å². The summed E-state index contributed by atoms with van der Waals surface area (Å²) in [7, 11) is -2.84. The van der Waals surface area contributed by atoms with Crippen molar-refractivity contribution in [3.05, 3.63) is 64.2 Å². The molecule has 34 heavy (non-hydrogen) atoms. The van der Waals surface area contributed by atoms with Crippen LogP contribution in [0.3, 0.4) is 0 Å². The summed E-state index contributed by atoms with van der Waals surface area (Å²) in [6.07, 6.45) is -4.00. The first-order chi connectivity index (χ1) is 15.6. The van der Waals surface area contributed by atoms with Crippen molar-refractivity contribution in [3.8, 4) is 0 Å². The van der Waals surface area contributed by atoms with Crippen LogP contribution >= 0.6 is 11.6 Å². The molecule has 0 unspecified atom stereocenters. The molecule has 0 aliphatic heterocycles. The number of halogens is 4. The Morgan fingerprint density at radius 3 is 2.21 bits per heavy atom. The fourth-order valence-corrected chi connectivity index (χ4v) is 4.28. The van der Waals surface area contributed by atoms with Gasteiger partial charge in [-0.15, -0.1) is 0 Å². The highest BCUT2D eigenvalue weighted by atomic mass is 35.5. The Morgan fingerprint density at radius 1 is 1.12 bits per heavy atom. The van der Waals surface area contributed by atoms with E-state index >= 15 is 0 Å². The van der Waals surface area contributed by atoms with Crippen molar-refractivity contribution in [1.82, 2.24) is 10.2 Å². The van der Waals surface area contributed by atoms with E-state index in [0.717, 1.165) is 22.8 Å². The van der Waals surface area contributed by atoms with Crippen molar-refractivity contribution in [3.63, 3.8) is 0 Å². The first kappa shape index (κ1) is 27.5. The maximum Gasteiger partial charge on any atom is 0.416 e. The van der Waals surface area contributed by atoms with E-state index < -0.39 is 51.9 Å². The Labute approximate surface area is 201 Å². The predicted molar refractivity (Wildman–Crippen MR) is 124 cm³/mol. The third-order valence-electron chi connectivity index (χ3n) is 5.11. The van der Waals surface area contributed by atoms with Crippen LogP contribution in [0, 0.1) is 6.92 Å². The van der Waals surface area contributed by atoms with Crippen molar-refractivity contribution < 1.29 is 31.2 Å². The van der Waals surface area contributed by atoms with E-state index in [1.807, 2.05) is 19.1 Å². The largest absolute Gasteiger partial charge is 0.416 e. The van der Waals surface area contributed by atoms with Gasteiger partial charge in [0.15, 0.2) is 0 Å². The molecule has 2 amide bonds. The fourth-order valence-electron chi connectivity index (χ4n) is 3.16. The van der Waals surface area contributed by atoms with Crippen molar-refractivity contribution >= 4 is 39.1 Å². The highest BCUT2D eigenvalue weighted by molar-refractivity contribution is 7.92. The smallest absolute Gasteiger partial charge is 0.357 e. The number of amides is 2. The molecule has 0 saturated carbocycles. The Balaban J connectivity index is 2.48. The van der Waals surface area contributed by atoms with Crippen LogP contribution in [-0.2, 0) is 32.3 Å². The number of alkyl halides is 3. The number of hydrogen-bond acceptors (Lipinski definition) is 4. The summed E-state index contributed by atoms with van der Waals surface area (Å²) in [5, 5.41) is 2.15. The summed E-state index contributed by atoms with van der Waals surface area (Å²) in [4.78, 5) is 26.7.